The zero-order chi connectivity index (χ0) is 25.2. The van der Waals surface area contributed by atoms with Crippen molar-refractivity contribution in [3.8, 4) is 23.1 Å². The molecule has 1 saturated carbocycles. The fraction of sp³-hybridized carbons (Fsp3) is 0.464. The highest BCUT2D eigenvalue weighted by Gasteiger charge is 2.50. The van der Waals surface area contributed by atoms with Crippen molar-refractivity contribution < 1.29 is 14.3 Å². The Morgan fingerprint density at radius 1 is 1.26 bits per heavy atom. The second-order valence-corrected chi connectivity index (χ2v) is 10.4. The van der Waals surface area contributed by atoms with E-state index in [1.807, 2.05) is 62.1 Å². The van der Waals surface area contributed by atoms with Crippen molar-refractivity contribution in [2.45, 2.75) is 70.2 Å². The molecule has 1 saturated heterocycles. The number of aromatic nitrogens is 1. The zero-order valence-corrected chi connectivity index (χ0v) is 21.0. The molecule has 7 nitrogen and oxygen atoms in total. The van der Waals surface area contributed by atoms with Gasteiger partial charge in [0.1, 0.15) is 17.7 Å². The van der Waals surface area contributed by atoms with E-state index in [1.165, 1.54) is 0 Å². The predicted octanol–water partition coefficient (Wildman–Crippen LogP) is 4.45. The first-order valence-electron chi connectivity index (χ1n) is 12.1. The number of carbonyl (C=O) groups excluding carboxylic acids is 1. The zero-order valence-electron chi connectivity index (χ0n) is 21.0. The van der Waals surface area contributed by atoms with Crippen LogP contribution < -0.4 is 10.1 Å². The minimum absolute atomic E-state index is 0.122. The lowest BCUT2D eigenvalue weighted by molar-refractivity contribution is -0.130. The summed E-state index contributed by atoms with van der Waals surface area (Å²) in [4.78, 5) is 19.5. The van der Waals surface area contributed by atoms with Crippen LogP contribution in [0.25, 0.3) is 11.1 Å². The molecular formula is C28H34N4O3. The van der Waals surface area contributed by atoms with Crippen LogP contribution in [0, 0.1) is 17.2 Å². The molecule has 2 aromatic rings. The van der Waals surface area contributed by atoms with Crippen molar-refractivity contribution in [3.05, 3.63) is 60.6 Å². The molecule has 0 unspecified atom stereocenters. The van der Waals surface area contributed by atoms with E-state index in [0.29, 0.717) is 18.2 Å². The van der Waals surface area contributed by atoms with Gasteiger partial charge in [-0.2, -0.15) is 5.26 Å². The van der Waals surface area contributed by atoms with Gasteiger partial charge < -0.3 is 19.7 Å². The average Bonchev–Trinajstić information content (AvgIpc) is 3.45. The standard InChI is InChI=1S/C28H34N4O3/c1-18(35-28(2,3)4)32-24-11-10-22(15-24)26(32)27(33)31-23(17-29)14-19-6-8-20(9-7-19)21-12-13-30-25(16-21)34-5/h6-9,12-13,16,22-24,26H,1,10-11,14-15H2,2-5H3,(H,31,33)/t22-,23-,24+,26-/m0/s1. The number of rotatable bonds is 8. The number of likely N-dealkylation sites (tertiary alicyclic amines) is 1. The van der Waals surface area contributed by atoms with Crippen molar-refractivity contribution >= 4 is 5.91 Å². The number of hydrogen-bond donors (Lipinski definition) is 1. The molecule has 2 fully saturated rings. The predicted molar refractivity (Wildman–Crippen MR) is 134 cm³/mol. The summed E-state index contributed by atoms with van der Waals surface area (Å²) in [5, 5.41) is 12.8. The lowest BCUT2D eigenvalue weighted by Crippen LogP contribution is -2.52. The summed E-state index contributed by atoms with van der Waals surface area (Å²) in [6, 6.07) is 13.4. The monoisotopic (exact) mass is 474 g/mol. The number of pyridine rings is 1. The second-order valence-electron chi connectivity index (χ2n) is 10.4. The van der Waals surface area contributed by atoms with Gasteiger partial charge in [-0.25, -0.2) is 4.98 Å². The van der Waals surface area contributed by atoms with E-state index < -0.39 is 6.04 Å². The van der Waals surface area contributed by atoms with Crippen molar-refractivity contribution in [2.24, 2.45) is 5.92 Å². The fourth-order valence-corrected chi connectivity index (χ4v) is 5.25. The number of ether oxygens (including phenoxy) is 2. The lowest BCUT2D eigenvalue weighted by atomic mass is 9.97. The van der Waals surface area contributed by atoms with E-state index in [1.54, 1.807) is 13.3 Å². The Bertz CT molecular complexity index is 1120. The van der Waals surface area contributed by atoms with E-state index in [9.17, 15) is 10.1 Å². The Balaban J connectivity index is 1.42. The largest absolute Gasteiger partial charge is 0.481 e. The van der Waals surface area contributed by atoms with Gasteiger partial charge in [-0.1, -0.05) is 24.3 Å². The molecule has 184 valence electrons. The summed E-state index contributed by atoms with van der Waals surface area (Å²) in [6.07, 6.45) is 5.16. The molecule has 2 aliphatic rings. The van der Waals surface area contributed by atoms with Crippen molar-refractivity contribution in [3.63, 3.8) is 0 Å². The molecule has 4 rings (SSSR count). The maximum atomic E-state index is 13.4. The minimum Gasteiger partial charge on any atom is -0.481 e. The third-order valence-corrected chi connectivity index (χ3v) is 6.71. The van der Waals surface area contributed by atoms with E-state index in [0.717, 1.165) is 36.0 Å². The number of methoxy groups -OCH3 is 1. The van der Waals surface area contributed by atoms with Gasteiger partial charge in [-0.05, 0) is 75.3 Å². The Morgan fingerprint density at radius 2 is 2.00 bits per heavy atom. The van der Waals surface area contributed by atoms with E-state index in [4.69, 9.17) is 9.47 Å². The number of nitrogens with zero attached hydrogens (tertiary/aromatic N) is 3. The minimum atomic E-state index is -0.618. The summed E-state index contributed by atoms with van der Waals surface area (Å²) in [6.45, 7) is 10.1. The summed E-state index contributed by atoms with van der Waals surface area (Å²) in [5.41, 5.74) is 2.62. The number of nitriles is 1. The second kappa shape index (κ2) is 9.99. The van der Waals surface area contributed by atoms with E-state index >= 15 is 0 Å². The molecule has 1 amide bonds. The molecule has 2 bridgehead atoms. The molecule has 7 heteroatoms. The molecule has 1 aliphatic carbocycles. The van der Waals surface area contributed by atoms with Crippen LogP contribution in [0.15, 0.2) is 55.1 Å². The van der Waals surface area contributed by atoms with Crippen molar-refractivity contribution in [1.82, 2.24) is 15.2 Å². The van der Waals surface area contributed by atoms with Gasteiger partial charge in [0, 0.05) is 24.7 Å². The van der Waals surface area contributed by atoms with Gasteiger partial charge >= 0.3 is 0 Å². The molecule has 1 aromatic heterocycles. The van der Waals surface area contributed by atoms with Gasteiger partial charge in [0.25, 0.3) is 0 Å². The maximum Gasteiger partial charge on any atom is 0.244 e. The Kier molecular flexibility index (Phi) is 7.02. The van der Waals surface area contributed by atoms with Crippen LogP contribution in [-0.2, 0) is 16.0 Å². The van der Waals surface area contributed by atoms with Gasteiger partial charge in [0.2, 0.25) is 11.8 Å². The quantitative estimate of drug-likeness (QED) is 0.569. The summed E-state index contributed by atoms with van der Waals surface area (Å²) in [7, 11) is 1.59. The summed E-state index contributed by atoms with van der Waals surface area (Å²) in [5.74, 6) is 1.24. The third-order valence-electron chi connectivity index (χ3n) is 6.71. The van der Waals surface area contributed by atoms with Crippen LogP contribution >= 0.6 is 0 Å². The maximum absolute atomic E-state index is 13.4. The molecule has 1 aromatic carbocycles. The number of piperidine rings is 1. The van der Waals surface area contributed by atoms with E-state index in [-0.39, 0.29) is 29.5 Å². The highest BCUT2D eigenvalue weighted by Crippen LogP contribution is 2.45. The van der Waals surface area contributed by atoms with Crippen molar-refractivity contribution in [2.75, 3.05) is 7.11 Å². The lowest BCUT2D eigenvalue weighted by Gasteiger charge is -2.39. The molecule has 35 heavy (non-hydrogen) atoms. The summed E-state index contributed by atoms with van der Waals surface area (Å²) < 4.78 is 11.2. The number of amides is 1. The highest BCUT2D eigenvalue weighted by atomic mass is 16.5. The molecule has 0 radical (unpaired) electrons. The van der Waals surface area contributed by atoms with Crippen LogP contribution in [0.3, 0.4) is 0 Å². The SMILES string of the molecule is C=C(OC(C)(C)C)N1[C@@H]2CC[C@@H](C2)[C@H]1C(=O)N[C@H](C#N)Cc1ccc(-c2ccnc(OC)c2)cc1. The van der Waals surface area contributed by atoms with Gasteiger partial charge in [-0.15, -0.1) is 0 Å². The third kappa shape index (κ3) is 5.59. The van der Waals surface area contributed by atoms with Crippen LogP contribution in [0.2, 0.25) is 0 Å². The average molecular weight is 475 g/mol. The van der Waals surface area contributed by atoms with Crippen LogP contribution in [-0.4, -0.2) is 46.6 Å². The number of carbonyl (C=O) groups is 1. The normalized spacial score (nSPS) is 21.8. The van der Waals surface area contributed by atoms with Gasteiger partial charge in [0.05, 0.1) is 13.2 Å². The van der Waals surface area contributed by atoms with Crippen LogP contribution in [0.5, 0.6) is 5.88 Å². The summed E-state index contributed by atoms with van der Waals surface area (Å²) >= 11 is 0. The molecule has 4 atom stereocenters. The van der Waals surface area contributed by atoms with E-state index in [2.05, 4.69) is 22.9 Å². The molecular weight excluding hydrogens is 440 g/mol. The van der Waals surface area contributed by atoms with Crippen molar-refractivity contribution in [1.29, 1.82) is 5.26 Å². The first-order valence-corrected chi connectivity index (χ1v) is 12.1. The smallest absolute Gasteiger partial charge is 0.244 e. The molecule has 0 spiro atoms. The molecule has 1 N–H and O–H groups in total. The number of fused-ring (bicyclic) bond motifs is 2. The first-order chi connectivity index (χ1) is 16.7. The van der Waals surface area contributed by atoms with Gasteiger partial charge in [-0.3, -0.25) is 4.79 Å². The van der Waals surface area contributed by atoms with Crippen LogP contribution in [0.4, 0.5) is 0 Å². The van der Waals surface area contributed by atoms with Gasteiger partial charge in [0.15, 0.2) is 5.88 Å². The first kappa shape index (κ1) is 24.6. The molecule has 1 aliphatic heterocycles. The number of hydrogen-bond acceptors (Lipinski definition) is 6. The van der Waals surface area contributed by atoms with Crippen LogP contribution in [0.1, 0.15) is 45.6 Å². The fourth-order valence-electron chi connectivity index (χ4n) is 5.25. The Hall–Kier alpha value is -3.53. The number of nitrogens with one attached hydrogen (secondary N) is 1. The topological polar surface area (TPSA) is 87.5 Å². The number of benzene rings is 1. The Labute approximate surface area is 207 Å². The molecule has 2 heterocycles. The highest BCUT2D eigenvalue weighted by molar-refractivity contribution is 5.83. The Morgan fingerprint density at radius 3 is 2.66 bits per heavy atom.